The molecule has 0 aliphatic rings. The van der Waals surface area contributed by atoms with E-state index in [2.05, 4.69) is 16.0 Å². The fraction of sp³-hybridized carbons (Fsp3) is 0.550. The highest BCUT2D eigenvalue weighted by atomic mass is 16.6. The Morgan fingerprint density at radius 2 is 1.56 bits per heavy atom. The summed E-state index contributed by atoms with van der Waals surface area (Å²) in [5.74, 6) is -0.186. The van der Waals surface area contributed by atoms with Crippen molar-refractivity contribution in [3.8, 4) is 0 Å². The van der Waals surface area contributed by atoms with Gasteiger partial charge in [0.1, 0.15) is 5.60 Å². The second kappa shape index (κ2) is 11.2. The highest BCUT2D eigenvalue weighted by Gasteiger charge is 2.15. The molecule has 0 radical (unpaired) electrons. The van der Waals surface area contributed by atoms with E-state index in [1.807, 2.05) is 31.2 Å². The number of carbonyl (C=O) groups is 3. The van der Waals surface area contributed by atoms with Gasteiger partial charge in [0.25, 0.3) is 0 Å². The first-order valence-electron chi connectivity index (χ1n) is 9.22. The van der Waals surface area contributed by atoms with Crippen LogP contribution in [0.25, 0.3) is 0 Å². The molecule has 0 spiro atoms. The summed E-state index contributed by atoms with van der Waals surface area (Å²) < 4.78 is 5.08. The van der Waals surface area contributed by atoms with Gasteiger partial charge in [-0.3, -0.25) is 9.59 Å². The molecule has 3 N–H and O–H groups in total. The highest BCUT2D eigenvalue weighted by Crippen LogP contribution is 2.07. The van der Waals surface area contributed by atoms with Crippen molar-refractivity contribution < 1.29 is 19.1 Å². The molecule has 0 aliphatic carbocycles. The minimum atomic E-state index is -0.560. The number of alkyl carbamates (subject to hydrolysis) is 1. The number of aryl methyl sites for hydroxylation is 1. The summed E-state index contributed by atoms with van der Waals surface area (Å²) in [5.41, 5.74) is 1.55. The van der Waals surface area contributed by atoms with Gasteiger partial charge in [-0.15, -0.1) is 0 Å². The zero-order valence-electron chi connectivity index (χ0n) is 16.7. The molecule has 3 amide bonds. The fourth-order valence-corrected chi connectivity index (χ4v) is 2.27. The van der Waals surface area contributed by atoms with Gasteiger partial charge in [-0.2, -0.15) is 0 Å². The lowest BCUT2D eigenvalue weighted by molar-refractivity contribution is -0.121. The third-order valence-electron chi connectivity index (χ3n) is 3.63. The summed E-state index contributed by atoms with van der Waals surface area (Å²) in [6.45, 7) is 8.50. The Hall–Kier alpha value is -2.57. The van der Waals surface area contributed by atoms with E-state index in [0.717, 1.165) is 11.1 Å². The van der Waals surface area contributed by atoms with Crippen LogP contribution in [0.15, 0.2) is 24.3 Å². The van der Waals surface area contributed by atoms with E-state index < -0.39 is 11.7 Å². The molecule has 27 heavy (non-hydrogen) atoms. The van der Waals surface area contributed by atoms with E-state index in [0.29, 0.717) is 25.9 Å². The zero-order chi connectivity index (χ0) is 20.3. The lowest BCUT2D eigenvalue weighted by Crippen LogP contribution is -2.35. The lowest BCUT2D eigenvalue weighted by atomic mass is 10.1. The van der Waals surface area contributed by atoms with E-state index in [1.54, 1.807) is 20.8 Å². The maximum atomic E-state index is 11.9. The van der Waals surface area contributed by atoms with Crippen LogP contribution in [0.3, 0.4) is 0 Å². The molecule has 1 aromatic carbocycles. The van der Waals surface area contributed by atoms with Crippen LogP contribution in [0.5, 0.6) is 0 Å². The monoisotopic (exact) mass is 377 g/mol. The number of rotatable bonds is 9. The van der Waals surface area contributed by atoms with Crippen molar-refractivity contribution in [3.63, 3.8) is 0 Å². The van der Waals surface area contributed by atoms with Crippen LogP contribution in [-0.2, 0) is 20.7 Å². The van der Waals surface area contributed by atoms with Crippen LogP contribution in [0.2, 0.25) is 0 Å². The first-order valence-corrected chi connectivity index (χ1v) is 9.22. The molecule has 0 heterocycles. The Kier molecular flexibility index (Phi) is 9.33. The maximum absolute atomic E-state index is 11.9. The van der Waals surface area contributed by atoms with Crippen molar-refractivity contribution in [2.24, 2.45) is 0 Å². The number of carbonyl (C=O) groups excluding carboxylic acids is 3. The number of hydrogen-bond donors (Lipinski definition) is 3. The fourth-order valence-electron chi connectivity index (χ4n) is 2.27. The van der Waals surface area contributed by atoms with Gasteiger partial charge < -0.3 is 20.7 Å². The zero-order valence-corrected chi connectivity index (χ0v) is 16.7. The third kappa shape index (κ3) is 10.9. The van der Waals surface area contributed by atoms with Crippen molar-refractivity contribution in [1.82, 2.24) is 16.0 Å². The Bertz CT molecular complexity index is 638. The molecule has 0 atom stereocenters. The Balaban J connectivity index is 2.07. The molecule has 0 fully saturated rings. The highest BCUT2D eigenvalue weighted by molar-refractivity contribution is 5.79. The molecule has 0 aromatic heterocycles. The Morgan fingerprint density at radius 1 is 0.926 bits per heavy atom. The summed E-state index contributed by atoms with van der Waals surface area (Å²) in [5, 5.41) is 8.14. The van der Waals surface area contributed by atoms with E-state index in [-0.39, 0.29) is 24.8 Å². The third-order valence-corrected chi connectivity index (χ3v) is 3.63. The molecule has 0 saturated carbocycles. The lowest BCUT2D eigenvalue weighted by Gasteiger charge is -2.19. The Labute approximate surface area is 161 Å². The molecule has 1 rings (SSSR count). The average Bonchev–Trinajstić information content (AvgIpc) is 2.55. The Morgan fingerprint density at radius 3 is 2.19 bits per heavy atom. The van der Waals surface area contributed by atoms with Gasteiger partial charge in [-0.25, -0.2) is 4.79 Å². The quantitative estimate of drug-likeness (QED) is 0.574. The SMILES string of the molecule is Cc1ccccc1CC(=O)NCCCNC(=O)CCNC(=O)OC(C)(C)C. The number of amides is 3. The molecule has 1 aromatic rings. The van der Waals surface area contributed by atoms with Crippen LogP contribution >= 0.6 is 0 Å². The number of hydrogen-bond acceptors (Lipinski definition) is 4. The van der Waals surface area contributed by atoms with Gasteiger partial charge in [0.2, 0.25) is 11.8 Å². The summed E-state index contributed by atoms with van der Waals surface area (Å²) in [6, 6.07) is 7.79. The summed E-state index contributed by atoms with van der Waals surface area (Å²) in [4.78, 5) is 35.1. The smallest absolute Gasteiger partial charge is 0.407 e. The van der Waals surface area contributed by atoms with Gasteiger partial charge in [0, 0.05) is 26.1 Å². The molecule has 0 bridgehead atoms. The summed E-state index contributed by atoms with van der Waals surface area (Å²) in [6.07, 6.45) is 0.644. The van der Waals surface area contributed by atoms with Gasteiger partial charge in [-0.1, -0.05) is 24.3 Å². The largest absolute Gasteiger partial charge is 0.444 e. The van der Waals surface area contributed by atoms with Crippen molar-refractivity contribution >= 4 is 17.9 Å². The van der Waals surface area contributed by atoms with Crippen molar-refractivity contribution in [2.45, 2.75) is 52.6 Å². The standard InChI is InChI=1S/C20H31N3O4/c1-15-8-5-6-9-16(15)14-18(25)22-12-7-11-21-17(24)10-13-23-19(26)27-20(2,3)4/h5-6,8-9H,7,10-14H2,1-4H3,(H,21,24)(H,22,25)(H,23,26). The van der Waals surface area contributed by atoms with Crippen LogP contribution in [0.1, 0.15) is 44.7 Å². The number of benzene rings is 1. The number of nitrogens with one attached hydrogen (secondary N) is 3. The van der Waals surface area contributed by atoms with Crippen molar-refractivity contribution in [1.29, 1.82) is 0 Å². The van der Waals surface area contributed by atoms with Crippen LogP contribution in [0.4, 0.5) is 4.79 Å². The molecular weight excluding hydrogens is 346 g/mol. The van der Waals surface area contributed by atoms with E-state index in [9.17, 15) is 14.4 Å². The minimum absolute atomic E-state index is 0.0304. The minimum Gasteiger partial charge on any atom is -0.444 e. The molecule has 0 saturated heterocycles. The predicted molar refractivity (Wildman–Crippen MR) is 104 cm³/mol. The molecule has 7 heteroatoms. The first-order chi connectivity index (χ1) is 12.7. The average molecular weight is 377 g/mol. The first kappa shape index (κ1) is 22.5. The van der Waals surface area contributed by atoms with Crippen LogP contribution < -0.4 is 16.0 Å². The van der Waals surface area contributed by atoms with Crippen LogP contribution in [0, 0.1) is 6.92 Å². The predicted octanol–water partition coefficient (Wildman–Crippen LogP) is 2.07. The second-order valence-electron chi connectivity index (χ2n) is 7.34. The van der Waals surface area contributed by atoms with Crippen LogP contribution in [-0.4, -0.2) is 43.1 Å². The van der Waals surface area contributed by atoms with Gasteiger partial charge in [0.15, 0.2) is 0 Å². The summed E-state index contributed by atoms with van der Waals surface area (Å²) >= 11 is 0. The van der Waals surface area contributed by atoms with E-state index >= 15 is 0 Å². The van der Waals surface area contributed by atoms with Gasteiger partial charge in [-0.05, 0) is 45.2 Å². The van der Waals surface area contributed by atoms with Crippen molar-refractivity contribution in [3.05, 3.63) is 35.4 Å². The van der Waals surface area contributed by atoms with E-state index in [1.165, 1.54) is 0 Å². The molecular formula is C20H31N3O4. The molecule has 0 aliphatic heterocycles. The maximum Gasteiger partial charge on any atom is 0.407 e. The molecule has 150 valence electrons. The van der Waals surface area contributed by atoms with E-state index in [4.69, 9.17) is 4.74 Å². The van der Waals surface area contributed by atoms with Gasteiger partial charge in [0.05, 0.1) is 6.42 Å². The normalized spacial score (nSPS) is 10.8. The number of ether oxygens (including phenoxy) is 1. The summed E-state index contributed by atoms with van der Waals surface area (Å²) in [7, 11) is 0. The second-order valence-corrected chi connectivity index (χ2v) is 7.34. The molecule has 7 nitrogen and oxygen atoms in total. The topological polar surface area (TPSA) is 96.5 Å². The van der Waals surface area contributed by atoms with Gasteiger partial charge >= 0.3 is 6.09 Å². The van der Waals surface area contributed by atoms with Crippen molar-refractivity contribution in [2.75, 3.05) is 19.6 Å². The molecule has 0 unspecified atom stereocenters.